The van der Waals surface area contributed by atoms with E-state index < -0.39 is 0 Å². The van der Waals surface area contributed by atoms with Gasteiger partial charge >= 0.3 is 0 Å². The third-order valence-electron chi connectivity index (χ3n) is 5.19. The second kappa shape index (κ2) is 6.36. The maximum Gasteiger partial charge on any atom is 0.130 e. The van der Waals surface area contributed by atoms with Crippen LogP contribution < -0.4 is 19.7 Å². The molecule has 2 heterocycles. The highest BCUT2D eigenvalue weighted by Crippen LogP contribution is 2.39. The fraction of sp³-hybridized carbons (Fsp3) is 0.400. The molecule has 0 amide bonds. The smallest absolute Gasteiger partial charge is 0.130 e. The van der Waals surface area contributed by atoms with E-state index in [0.717, 1.165) is 43.1 Å². The molecule has 1 atom stereocenters. The van der Waals surface area contributed by atoms with Crippen LogP contribution in [0.2, 0.25) is 0 Å². The summed E-state index contributed by atoms with van der Waals surface area (Å²) in [6.07, 6.45) is 2.36. The van der Waals surface area contributed by atoms with Crippen molar-refractivity contribution in [1.82, 2.24) is 5.32 Å². The van der Waals surface area contributed by atoms with Gasteiger partial charge in [0.15, 0.2) is 0 Å². The van der Waals surface area contributed by atoms with Crippen LogP contribution in [-0.2, 0) is 6.42 Å². The van der Waals surface area contributed by atoms with Crippen molar-refractivity contribution in [2.75, 3.05) is 38.8 Å². The summed E-state index contributed by atoms with van der Waals surface area (Å²) >= 11 is 0. The first-order valence-corrected chi connectivity index (χ1v) is 8.63. The van der Waals surface area contributed by atoms with E-state index in [9.17, 15) is 0 Å². The van der Waals surface area contributed by atoms with Crippen LogP contribution in [0.25, 0.3) is 11.1 Å². The number of anilines is 1. The van der Waals surface area contributed by atoms with Crippen molar-refractivity contribution in [1.29, 1.82) is 0 Å². The number of fused-ring (bicyclic) bond motifs is 3. The van der Waals surface area contributed by atoms with Crippen molar-refractivity contribution in [3.8, 4) is 22.6 Å². The number of benzene rings is 2. The van der Waals surface area contributed by atoms with Crippen molar-refractivity contribution < 1.29 is 9.47 Å². The Morgan fingerprint density at radius 1 is 1.04 bits per heavy atom. The van der Waals surface area contributed by atoms with Crippen molar-refractivity contribution in [3.05, 3.63) is 42.0 Å². The minimum atomic E-state index is 0.642. The monoisotopic (exact) mass is 324 g/mol. The van der Waals surface area contributed by atoms with Gasteiger partial charge in [0.25, 0.3) is 0 Å². The van der Waals surface area contributed by atoms with Gasteiger partial charge in [0.05, 0.1) is 14.2 Å². The summed E-state index contributed by atoms with van der Waals surface area (Å²) < 4.78 is 10.9. The van der Waals surface area contributed by atoms with E-state index in [1.54, 1.807) is 14.2 Å². The molecule has 0 aliphatic carbocycles. The molecule has 24 heavy (non-hydrogen) atoms. The number of nitrogens with zero attached hydrogens (tertiary/aromatic N) is 1. The zero-order chi connectivity index (χ0) is 16.5. The maximum absolute atomic E-state index is 5.57. The molecule has 1 saturated heterocycles. The molecule has 2 aromatic rings. The quantitative estimate of drug-likeness (QED) is 0.941. The highest BCUT2D eigenvalue weighted by molar-refractivity contribution is 5.76. The van der Waals surface area contributed by atoms with Gasteiger partial charge in [-0.05, 0) is 54.8 Å². The van der Waals surface area contributed by atoms with Crippen LogP contribution in [0.3, 0.4) is 0 Å². The Morgan fingerprint density at radius 2 is 1.96 bits per heavy atom. The van der Waals surface area contributed by atoms with Crippen LogP contribution in [0.4, 0.5) is 5.69 Å². The molecule has 0 aromatic heterocycles. The van der Waals surface area contributed by atoms with Gasteiger partial charge in [-0.1, -0.05) is 6.07 Å². The van der Waals surface area contributed by atoms with Crippen LogP contribution in [0.1, 0.15) is 12.0 Å². The molecule has 2 aliphatic heterocycles. The Kier molecular flexibility index (Phi) is 4.07. The van der Waals surface area contributed by atoms with Crippen LogP contribution in [-0.4, -0.2) is 39.9 Å². The van der Waals surface area contributed by atoms with Crippen molar-refractivity contribution in [3.63, 3.8) is 0 Å². The van der Waals surface area contributed by atoms with Crippen molar-refractivity contribution in [2.45, 2.75) is 18.9 Å². The molecule has 126 valence electrons. The number of methoxy groups -OCH3 is 2. The van der Waals surface area contributed by atoms with Crippen LogP contribution in [0.15, 0.2) is 36.4 Å². The summed E-state index contributed by atoms with van der Waals surface area (Å²) in [6, 6.07) is 13.5. The number of nitrogens with one attached hydrogen (secondary N) is 1. The van der Waals surface area contributed by atoms with Gasteiger partial charge in [-0.2, -0.15) is 0 Å². The molecule has 0 bridgehead atoms. The molecule has 2 aliphatic rings. The zero-order valence-electron chi connectivity index (χ0n) is 14.3. The average Bonchev–Trinajstić information content (AvgIpc) is 2.81. The van der Waals surface area contributed by atoms with Crippen LogP contribution >= 0.6 is 0 Å². The fourth-order valence-electron chi connectivity index (χ4n) is 3.95. The summed E-state index contributed by atoms with van der Waals surface area (Å²) in [5.74, 6) is 1.67. The molecule has 1 unspecified atom stereocenters. The molecule has 0 spiro atoms. The van der Waals surface area contributed by atoms with E-state index in [-0.39, 0.29) is 0 Å². The van der Waals surface area contributed by atoms with Crippen LogP contribution in [0, 0.1) is 0 Å². The van der Waals surface area contributed by atoms with E-state index >= 15 is 0 Å². The standard InChI is InChI=1S/C20H24N2O2/c1-23-17-4-5-18(20(13-17)24-2)14-3-6-19-15(11-14)12-16-7-8-21-9-10-22(16)19/h3-6,11,13,16,21H,7-10,12H2,1-2H3. The summed E-state index contributed by atoms with van der Waals surface area (Å²) in [6.45, 7) is 3.29. The molecule has 4 rings (SSSR count). The molecule has 1 fully saturated rings. The number of ether oxygens (including phenoxy) is 2. The van der Waals surface area contributed by atoms with Crippen LogP contribution in [0.5, 0.6) is 11.5 Å². The SMILES string of the molecule is COc1ccc(-c2ccc3c(c2)CC2CCNCCN32)c(OC)c1. The molecule has 4 nitrogen and oxygen atoms in total. The second-order valence-corrected chi connectivity index (χ2v) is 6.50. The molecular weight excluding hydrogens is 300 g/mol. The normalized spacial score (nSPS) is 19.4. The second-order valence-electron chi connectivity index (χ2n) is 6.50. The Labute approximate surface area is 143 Å². The number of hydrogen-bond acceptors (Lipinski definition) is 4. The topological polar surface area (TPSA) is 33.7 Å². The van der Waals surface area contributed by atoms with E-state index in [1.165, 1.54) is 23.2 Å². The zero-order valence-corrected chi connectivity index (χ0v) is 14.3. The first-order chi connectivity index (χ1) is 11.8. The lowest BCUT2D eigenvalue weighted by Crippen LogP contribution is -2.32. The summed E-state index contributed by atoms with van der Waals surface area (Å²) in [4.78, 5) is 2.57. The summed E-state index contributed by atoms with van der Waals surface area (Å²) in [5.41, 5.74) is 5.19. The lowest BCUT2D eigenvalue weighted by molar-refractivity contribution is 0.395. The molecule has 4 heteroatoms. The van der Waals surface area contributed by atoms with E-state index in [4.69, 9.17) is 9.47 Å². The summed E-state index contributed by atoms with van der Waals surface area (Å²) in [7, 11) is 3.39. The molecular formula is C20H24N2O2. The van der Waals surface area contributed by atoms with Gasteiger partial charge in [0.2, 0.25) is 0 Å². The third kappa shape index (κ3) is 2.61. The Bertz CT molecular complexity index is 744. The molecule has 1 N–H and O–H groups in total. The Hall–Kier alpha value is -2.20. The fourth-order valence-corrected chi connectivity index (χ4v) is 3.95. The highest BCUT2D eigenvalue weighted by Gasteiger charge is 2.30. The predicted octanol–water partition coefficient (Wildman–Crippen LogP) is 3.10. The molecule has 0 radical (unpaired) electrons. The average molecular weight is 324 g/mol. The number of hydrogen-bond donors (Lipinski definition) is 1. The molecule has 2 aromatic carbocycles. The van der Waals surface area contributed by atoms with E-state index in [2.05, 4.69) is 34.5 Å². The largest absolute Gasteiger partial charge is 0.497 e. The van der Waals surface area contributed by atoms with Gasteiger partial charge in [-0.15, -0.1) is 0 Å². The Morgan fingerprint density at radius 3 is 2.79 bits per heavy atom. The predicted molar refractivity (Wildman–Crippen MR) is 97.3 cm³/mol. The first-order valence-electron chi connectivity index (χ1n) is 8.63. The Balaban J connectivity index is 1.70. The number of rotatable bonds is 3. The minimum Gasteiger partial charge on any atom is -0.497 e. The van der Waals surface area contributed by atoms with Gasteiger partial charge < -0.3 is 19.7 Å². The lowest BCUT2D eigenvalue weighted by atomic mass is 9.99. The van der Waals surface area contributed by atoms with Crippen molar-refractivity contribution >= 4 is 5.69 Å². The van der Waals surface area contributed by atoms with Gasteiger partial charge in [-0.25, -0.2) is 0 Å². The van der Waals surface area contributed by atoms with Gasteiger partial charge in [0, 0.05) is 36.4 Å². The summed E-state index contributed by atoms with van der Waals surface area (Å²) in [5, 5.41) is 3.50. The van der Waals surface area contributed by atoms with Gasteiger partial charge in [-0.3, -0.25) is 0 Å². The minimum absolute atomic E-state index is 0.642. The third-order valence-corrected chi connectivity index (χ3v) is 5.19. The maximum atomic E-state index is 5.57. The lowest BCUT2D eigenvalue weighted by Gasteiger charge is -2.24. The van der Waals surface area contributed by atoms with Gasteiger partial charge in [0.1, 0.15) is 11.5 Å². The first kappa shape index (κ1) is 15.3. The van der Waals surface area contributed by atoms with Crippen molar-refractivity contribution in [2.24, 2.45) is 0 Å². The highest BCUT2D eigenvalue weighted by atomic mass is 16.5. The molecule has 0 saturated carbocycles. The van der Waals surface area contributed by atoms with E-state index in [1.807, 2.05) is 12.1 Å². The van der Waals surface area contributed by atoms with E-state index in [0.29, 0.717) is 6.04 Å².